The van der Waals surface area contributed by atoms with Crippen LogP contribution >= 0.6 is 0 Å². The second-order valence-electron chi connectivity index (χ2n) is 13.0. The molecular weight excluding hydrogens is 576 g/mol. The van der Waals surface area contributed by atoms with Crippen LogP contribution in [0.25, 0.3) is 0 Å². The van der Waals surface area contributed by atoms with E-state index in [2.05, 4.69) is 48.1 Å². The van der Waals surface area contributed by atoms with E-state index in [1.54, 1.807) is 20.8 Å². The van der Waals surface area contributed by atoms with Crippen molar-refractivity contribution < 1.29 is 14.3 Å². The number of azo groups is 1. The lowest BCUT2D eigenvalue weighted by Crippen LogP contribution is -2.34. The summed E-state index contributed by atoms with van der Waals surface area (Å²) in [5.74, 6) is 0.229. The van der Waals surface area contributed by atoms with Crippen LogP contribution in [0, 0.1) is 34.5 Å². The molecule has 2 atom stereocenters. The molecule has 9 nitrogen and oxygen atoms in total. The van der Waals surface area contributed by atoms with Gasteiger partial charge in [0.05, 0.1) is 22.4 Å². The van der Waals surface area contributed by atoms with Gasteiger partial charge < -0.3 is 15.0 Å². The van der Waals surface area contributed by atoms with Crippen LogP contribution in [0.2, 0.25) is 0 Å². The van der Waals surface area contributed by atoms with Crippen molar-refractivity contribution in [3.63, 3.8) is 0 Å². The van der Waals surface area contributed by atoms with Gasteiger partial charge >= 0.3 is 5.97 Å². The van der Waals surface area contributed by atoms with Crippen LogP contribution in [-0.4, -0.2) is 30.6 Å². The molecule has 0 fully saturated rings. The van der Waals surface area contributed by atoms with Gasteiger partial charge in [-0.3, -0.25) is 4.79 Å². The highest BCUT2D eigenvalue weighted by atomic mass is 16.6. The smallest absolute Gasteiger partial charge is 0.338 e. The number of nitriles is 2. The van der Waals surface area contributed by atoms with Crippen LogP contribution in [0.5, 0.6) is 0 Å². The van der Waals surface area contributed by atoms with Crippen LogP contribution in [0.4, 0.5) is 22.7 Å². The molecule has 2 rings (SSSR count). The van der Waals surface area contributed by atoms with Crippen molar-refractivity contribution in [1.29, 1.82) is 10.5 Å². The lowest BCUT2D eigenvalue weighted by molar-refractivity contribution is -0.114. The number of ether oxygens (including phenoxy) is 1. The number of nitrogens with zero attached hydrogens (tertiary/aromatic N) is 5. The molecule has 0 spiro atoms. The summed E-state index contributed by atoms with van der Waals surface area (Å²) in [6, 6.07) is 12.5. The van der Waals surface area contributed by atoms with Crippen LogP contribution in [0.3, 0.4) is 0 Å². The molecule has 2 aromatic carbocycles. The largest absolute Gasteiger partial charge is 0.456 e. The van der Waals surface area contributed by atoms with E-state index in [4.69, 9.17) is 4.74 Å². The third kappa shape index (κ3) is 11.9. The zero-order valence-corrected chi connectivity index (χ0v) is 29.1. The van der Waals surface area contributed by atoms with E-state index in [9.17, 15) is 20.1 Å². The molecule has 0 bridgehead atoms. The molecular formula is C37H52N6O3. The molecule has 0 aliphatic heterocycles. The van der Waals surface area contributed by atoms with E-state index in [0.717, 1.165) is 31.6 Å². The average molecular weight is 629 g/mol. The Bertz CT molecular complexity index is 1380. The molecule has 9 heteroatoms. The predicted molar refractivity (Wildman–Crippen MR) is 185 cm³/mol. The van der Waals surface area contributed by atoms with Crippen LogP contribution in [0.1, 0.15) is 128 Å². The van der Waals surface area contributed by atoms with E-state index in [1.807, 2.05) is 30.3 Å². The average Bonchev–Trinajstić information content (AvgIpc) is 3.01. The van der Waals surface area contributed by atoms with Gasteiger partial charge in [-0.1, -0.05) is 66.2 Å². The summed E-state index contributed by atoms with van der Waals surface area (Å²) in [6.07, 6.45) is 9.28. The predicted octanol–water partition coefficient (Wildman–Crippen LogP) is 10.00. The number of benzene rings is 2. The van der Waals surface area contributed by atoms with E-state index < -0.39 is 11.6 Å². The zero-order chi connectivity index (χ0) is 34.3. The summed E-state index contributed by atoms with van der Waals surface area (Å²) in [6.45, 7) is 17.5. The van der Waals surface area contributed by atoms with Gasteiger partial charge in [-0.25, -0.2) is 4.79 Å². The van der Waals surface area contributed by atoms with Crippen molar-refractivity contribution in [2.24, 2.45) is 22.1 Å². The maximum atomic E-state index is 12.7. The van der Waals surface area contributed by atoms with E-state index >= 15 is 0 Å². The summed E-state index contributed by atoms with van der Waals surface area (Å²) in [7, 11) is 0. The third-order valence-electron chi connectivity index (χ3n) is 7.94. The summed E-state index contributed by atoms with van der Waals surface area (Å²) in [5.41, 5.74) is 1.30. The lowest BCUT2D eigenvalue weighted by Gasteiger charge is -2.33. The first-order valence-electron chi connectivity index (χ1n) is 16.7. The maximum Gasteiger partial charge on any atom is 0.338 e. The third-order valence-corrected chi connectivity index (χ3v) is 7.94. The van der Waals surface area contributed by atoms with Gasteiger partial charge in [-0.2, -0.15) is 10.5 Å². The molecule has 2 aromatic rings. The first kappa shape index (κ1) is 37.9. The number of amides is 1. The molecule has 0 aliphatic rings. The molecule has 0 saturated heterocycles. The zero-order valence-electron chi connectivity index (χ0n) is 29.1. The number of rotatable bonds is 17. The van der Waals surface area contributed by atoms with Crippen molar-refractivity contribution in [3.8, 4) is 12.1 Å². The van der Waals surface area contributed by atoms with Gasteiger partial charge in [0.2, 0.25) is 5.91 Å². The van der Waals surface area contributed by atoms with Crippen LogP contribution in [-0.2, 0) is 9.53 Å². The molecule has 0 saturated carbocycles. The summed E-state index contributed by atoms with van der Waals surface area (Å²) in [4.78, 5) is 27.4. The molecule has 0 aromatic heterocycles. The van der Waals surface area contributed by atoms with Gasteiger partial charge in [0.25, 0.3) is 0 Å². The Morgan fingerprint density at radius 1 is 0.891 bits per heavy atom. The Labute approximate surface area is 276 Å². The molecule has 46 heavy (non-hydrogen) atoms. The number of esters is 1. The number of carbonyl (C=O) groups excluding carboxylic acids is 2. The Morgan fingerprint density at radius 2 is 1.43 bits per heavy atom. The van der Waals surface area contributed by atoms with Crippen molar-refractivity contribution in [1.82, 2.24) is 0 Å². The minimum atomic E-state index is -0.739. The second kappa shape index (κ2) is 18.7. The summed E-state index contributed by atoms with van der Waals surface area (Å²) in [5, 5.41) is 31.3. The fraction of sp³-hybridized carbons (Fsp3) is 0.568. The minimum absolute atomic E-state index is 0.0166. The standard InChI is InChI=1S/C37H52N6O3/c1-9-13-15-27(11-3)24-43(25-28(12-4)16-14-10-2)32-17-18-33(34(21-32)40-26(5)44)41-42-35-30(22-38)19-29(20-31(35)23-39)36(45)46-37(6,7)8/h17-21,27-28H,9-16,24-25H2,1-8H3,(H,40,44). The normalized spacial score (nSPS) is 12.7. The highest BCUT2D eigenvalue weighted by molar-refractivity contribution is 5.93. The Kier molecular flexibility index (Phi) is 15.4. The van der Waals surface area contributed by atoms with Gasteiger partial charge in [0.1, 0.15) is 29.1 Å². The Balaban J connectivity index is 2.57. The summed E-state index contributed by atoms with van der Waals surface area (Å²) >= 11 is 0. The number of nitrogens with one attached hydrogen (secondary N) is 1. The number of anilines is 2. The highest BCUT2D eigenvalue weighted by Gasteiger charge is 2.22. The topological polar surface area (TPSA) is 131 Å². The van der Waals surface area contributed by atoms with Gasteiger partial charge in [-0.05, 0) is 75.8 Å². The molecule has 1 amide bonds. The first-order valence-corrected chi connectivity index (χ1v) is 16.7. The van der Waals surface area contributed by atoms with E-state index in [1.165, 1.54) is 57.6 Å². The number of unbranched alkanes of at least 4 members (excludes halogenated alkanes) is 2. The summed E-state index contributed by atoms with van der Waals surface area (Å²) < 4.78 is 5.42. The maximum absolute atomic E-state index is 12.7. The quantitative estimate of drug-likeness (QED) is 0.137. The van der Waals surface area contributed by atoms with E-state index in [-0.39, 0.29) is 28.3 Å². The second-order valence-corrected chi connectivity index (χ2v) is 13.0. The van der Waals surface area contributed by atoms with Gasteiger partial charge in [0.15, 0.2) is 0 Å². The van der Waals surface area contributed by atoms with Gasteiger partial charge in [0, 0.05) is 25.7 Å². The van der Waals surface area contributed by atoms with Crippen molar-refractivity contribution in [2.45, 2.75) is 112 Å². The number of hydrogen-bond acceptors (Lipinski definition) is 8. The first-order chi connectivity index (χ1) is 21.9. The molecule has 1 N–H and O–H groups in total. The Morgan fingerprint density at radius 3 is 1.87 bits per heavy atom. The molecule has 0 aliphatic carbocycles. The van der Waals surface area contributed by atoms with Crippen LogP contribution < -0.4 is 10.2 Å². The van der Waals surface area contributed by atoms with Crippen molar-refractivity contribution in [3.05, 3.63) is 47.0 Å². The fourth-order valence-electron chi connectivity index (χ4n) is 5.31. The number of hydrogen-bond donors (Lipinski definition) is 1. The fourth-order valence-corrected chi connectivity index (χ4v) is 5.31. The van der Waals surface area contributed by atoms with E-state index in [0.29, 0.717) is 23.2 Å². The molecule has 248 valence electrons. The number of carbonyl (C=O) groups is 2. The van der Waals surface area contributed by atoms with Crippen molar-refractivity contribution >= 4 is 34.6 Å². The molecule has 0 radical (unpaired) electrons. The SMILES string of the molecule is CCCCC(CC)CN(CC(CC)CCCC)c1ccc(N=Nc2c(C#N)cc(C(=O)OC(C)(C)C)cc2C#N)c(NC(C)=O)c1. The Hall–Kier alpha value is -4.24. The minimum Gasteiger partial charge on any atom is -0.456 e. The monoisotopic (exact) mass is 628 g/mol. The lowest BCUT2D eigenvalue weighted by atomic mass is 9.95. The van der Waals surface area contributed by atoms with Crippen molar-refractivity contribution in [2.75, 3.05) is 23.3 Å². The van der Waals surface area contributed by atoms with Crippen LogP contribution in [0.15, 0.2) is 40.6 Å². The van der Waals surface area contributed by atoms with Gasteiger partial charge in [-0.15, -0.1) is 10.2 Å². The molecule has 0 heterocycles. The molecule has 2 unspecified atom stereocenters. The highest BCUT2D eigenvalue weighted by Crippen LogP contribution is 2.35.